The van der Waals surface area contributed by atoms with Gasteiger partial charge in [-0.3, -0.25) is 4.98 Å². The molecule has 2 rings (SSSR count). The van der Waals surface area contributed by atoms with Crippen LogP contribution in [-0.4, -0.2) is 25.2 Å². The summed E-state index contributed by atoms with van der Waals surface area (Å²) < 4.78 is 5.20. The summed E-state index contributed by atoms with van der Waals surface area (Å²) in [6.45, 7) is 2.26. The summed E-state index contributed by atoms with van der Waals surface area (Å²) in [6.07, 6.45) is 7.44. The molecule has 0 saturated carbocycles. The Labute approximate surface area is 90.9 Å². The van der Waals surface area contributed by atoms with Crippen LogP contribution >= 0.6 is 0 Å². The van der Waals surface area contributed by atoms with E-state index < -0.39 is 0 Å². The van der Waals surface area contributed by atoms with Gasteiger partial charge in [-0.15, -0.1) is 0 Å². The van der Waals surface area contributed by atoms with Gasteiger partial charge in [0.15, 0.2) is 0 Å². The minimum atomic E-state index is 0.641. The van der Waals surface area contributed by atoms with Gasteiger partial charge in [0.2, 0.25) is 0 Å². The molecule has 1 atom stereocenters. The summed E-state index contributed by atoms with van der Waals surface area (Å²) >= 11 is 0. The number of hydrogen-bond donors (Lipinski definition) is 1. The van der Waals surface area contributed by atoms with Crippen LogP contribution < -0.4 is 10.1 Å². The van der Waals surface area contributed by atoms with Gasteiger partial charge in [0.1, 0.15) is 5.75 Å². The third-order valence-electron chi connectivity index (χ3n) is 3.02. The molecule has 82 valence electrons. The number of nitrogens with one attached hydrogen (secondary N) is 1. The SMILES string of the molecule is COc1cncc(C2CCCNCC2)c1. The Hall–Kier alpha value is -1.09. The number of hydrogen-bond acceptors (Lipinski definition) is 3. The van der Waals surface area contributed by atoms with Crippen molar-refractivity contribution >= 4 is 0 Å². The van der Waals surface area contributed by atoms with Crippen LogP contribution in [0, 0.1) is 0 Å². The zero-order valence-corrected chi connectivity index (χ0v) is 9.20. The molecular weight excluding hydrogens is 188 g/mol. The van der Waals surface area contributed by atoms with Crippen molar-refractivity contribution in [3.63, 3.8) is 0 Å². The first kappa shape index (κ1) is 10.4. The van der Waals surface area contributed by atoms with Gasteiger partial charge >= 0.3 is 0 Å². The van der Waals surface area contributed by atoms with Crippen molar-refractivity contribution in [2.45, 2.75) is 25.2 Å². The van der Waals surface area contributed by atoms with Crippen LogP contribution in [0.2, 0.25) is 0 Å². The number of rotatable bonds is 2. The fraction of sp³-hybridized carbons (Fsp3) is 0.583. The molecule has 0 aromatic carbocycles. The Morgan fingerprint density at radius 3 is 3.13 bits per heavy atom. The zero-order chi connectivity index (χ0) is 10.5. The molecule has 0 bridgehead atoms. The fourth-order valence-corrected chi connectivity index (χ4v) is 2.12. The highest BCUT2D eigenvalue weighted by Gasteiger charge is 2.14. The second-order valence-electron chi connectivity index (χ2n) is 4.04. The Bertz CT molecular complexity index is 306. The molecule has 1 fully saturated rings. The van der Waals surface area contributed by atoms with Gasteiger partial charge in [0.25, 0.3) is 0 Å². The summed E-state index contributed by atoms with van der Waals surface area (Å²) in [5.74, 6) is 1.51. The van der Waals surface area contributed by atoms with Crippen molar-refractivity contribution in [2.75, 3.05) is 20.2 Å². The summed E-state index contributed by atoms with van der Waals surface area (Å²) in [7, 11) is 1.69. The van der Waals surface area contributed by atoms with Crippen LogP contribution in [0.1, 0.15) is 30.7 Å². The van der Waals surface area contributed by atoms with E-state index in [9.17, 15) is 0 Å². The van der Waals surface area contributed by atoms with Crippen LogP contribution in [0.5, 0.6) is 5.75 Å². The minimum Gasteiger partial charge on any atom is -0.495 e. The van der Waals surface area contributed by atoms with Gasteiger partial charge in [-0.2, -0.15) is 0 Å². The average molecular weight is 206 g/mol. The van der Waals surface area contributed by atoms with Crippen LogP contribution in [0.3, 0.4) is 0 Å². The smallest absolute Gasteiger partial charge is 0.137 e. The molecule has 15 heavy (non-hydrogen) atoms. The molecular formula is C12H18N2O. The lowest BCUT2D eigenvalue weighted by Crippen LogP contribution is -2.13. The molecule has 3 nitrogen and oxygen atoms in total. The van der Waals surface area contributed by atoms with E-state index >= 15 is 0 Å². The van der Waals surface area contributed by atoms with E-state index in [0.29, 0.717) is 5.92 Å². The van der Waals surface area contributed by atoms with Crippen molar-refractivity contribution in [3.8, 4) is 5.75 Å². The van der Waals surface area contributed by atoms with Gasteiger partial charge in [0.05, 0.1) is 13.3 Å². The summed E-state index contributed by atoms with van der Waals surface area (Å²) in [4.78, 5) is 4.22. The van der Waals surface area contributed by atoms with Crippen LogP contribution in [0.15, 0.2) is 18.5 Å². The number of methoxy groups -OCH3 is 1. The minimum absolute atomic E-state index is 0.641. The molecule has 1 aromatic rings. The van der Waals surface area contributed by atoms with Crippen molar-refractivity contribution in [3.05, 3.63) is 24.0 Å². The van der Waals surface area contributed by atoms with Crippen molar-refractivity contribution in [1.82, 2.24) is 10.3 Å². The highest BCUT2D eigenvalue weighted by atomic mass is 16.5. The Kier molecular flexibility index (Phi) is 3.56. The van der Waals surface area contributed by atoms with Crippen LogP contribution in [0.25, 0.3) is 0 Å². The maximum absolute atomic E-state index is 5.20. The van der Waals surface area contributed by atoms with Crippen molar-refractivity contribution in [2.24, 2.45) is 0 Å². The second kappa shape index (κ2) is 5.12. The third kappa shape index (κ3) is 2.69. The highest BCUT2D eigenvalue weighted by molar-refractivity contribution is 5.26. The van der Waals surface area contributed by atoms with E-state index in [4.69, 9.17) is 4.74 Å². The van der Waals surface area contributed by atoms with E-state index in [1.165, 1.54) is 24.8 Å². The lowest BCUT2D eigenvalue weighted by Gasteiger charge is -2.14. The van der Waals surface area contributed by atoms with Gasteiger partial charge < -0.3 is 10.1 Å². The molecule has 0 aliphatic carbocycles. The molecule has 3 heteroatoms. The molecule has 0 radical (unpaired) electrons. The van der Waals surface area contributed by atoms with E-state index in [-0.39, 0.29) is 0 Å². The monoisotopic (exact) mass is 206 g/mol. The molecule has 1 N–H and O–H groups in total. The number of pyridine rings is 1. The molecule has 0 amide bonds. The molecule has 2 heterocycles. The number of aromatic nitrogens is 1. The average Bonchev–Trinajstić information content (AvgIpc) is 2.58. The highest BCUT2D eigenvalue weighted by Crippen LogP contribution is 2.27. The summed E-state index contributed by atoms with van der Waals surface area (Å²) in [5.41, 5.74) is 1.32. The molecule has 0 spiro atoms. The largest absolute Gasteiger partial charge is 0.495 e. The number of ether oxygens (including phenoxy) is 1. The van der Waals surface area contributed by atoms with E-state index in [1.54, 1.807) is 13.3 Å². The van der Waals surface area contributed by atoms with Gasteiger partial charge in [-0.05, 0) is 49.9 Å². The first-order valence-corrected chi connectivity index (χ1v) is 5.60. The summed E-state index contributed by atoms with van der Waals surface area (Å²) in [5, 5.41) is 3.42. The zero-order valence-electron chi connectivity index (χ0n) is 9.20. The van der Waals surface area contributed by atoms with Gasteiger partial charge in [-0.1, -0.05) is 0 Å². The maximum Gasteiger partial charge on any atom is 0.137 e. The van der Waals surface area contributed by atoms with Crippen LogP contribution in [-0.2, 0) is 0 Å². The summed E-state index contributed by atoms with van der Waals surface area (Å²) in [6, 6.07) is 2.11. The lowest BCUT2D eigenvalue weighted by atomic mass is 9.93. The standard InChI is InChI=1S/C12H18N2O/c1-15-12-7-11(8-14-9-12)10-3-2-5-13-6-4-10/h7-10,13H,2-6H2,1H3. The van der Waals surface area contributed by atoms with Crippen molar-refractivity contribution in [1.29, 1.82) is 0 Å². The Morgan fingerprint density at radius 2 is 2.27 bits per heavy atom. The predicted octanol–water partition coefficient (Wildman–Crippen LogP) is 1.95. The van der Waals surface area contributed by atoms with Gasteiger partial charge in [-0.25, -0.2) is 0 Å². The second-order valence-corrected chi connectivity index (χ2v) is 4.04. The van der Waals surface area contributed by atoms with E-state index in [0.717, 1.165) is 18.8 Å². The van der Waals surface area contributed by atoms with Gasteiger partial charge in [0, 0.05) is 6.20 Å². The van der Waals surface area contributed by atoms with Crippen LogP contribution in [0.4, 0.5) is 0 Å². The normalized spacial score (nSPS) is 22.1. The molecule has 1 aromatic heterocycles. The fourth-order valence-electron chi connectivity index (χ4n) is 2.12. The Balaban J connectivity index is 2.12. The van der Waals surface area contributed by atoms with E-state index in [1.807, 2.05) is 6.20 Å². The van der Waals surface area contributed by atoms with Crippen molar-refractivity contribution < 1.29 is 4.74 Å². The molecule has 1 saturated heterocycles. The quantitative estimate of drug-likeness (QED) is 0.803. The first-order chi connectivity index (χ1) is 7.40. The van der Waals surface area contributed by atoms with E-state index in [2.05, 4.69) is 16.4 Å². The number of nitrogens with zero attached hydrogens (tertiary/aromatic N) is 1. The topological polar surface area (TPSA) is 34.1 Å². The predicted molar refractivity (Wildman–Crippen MR) is 60.3 cm³/mol. The third-order valence-corrected chi connectivity index (χ3v) is 3.02. The Morgan fingerprint density at radius 1 is 1.33 bits per heavy atom. The molecule has 1 aliphatic heterocycles. The molecule has 1 unspecified atom stereocenters. The first-order valence-electron chi connectivity index (χ1n) is 5.60. The lowest BCUT2D eigenvalue weighted by molar-refractivity contribution is 0.411. The molecule has 1 aliphatic rings. The maximum atomic E-state index is 5.20.